The molecule has 2 aliphatic rings. The number of carbonyl (C=O) groups excluding carboxylic acids is 4. The van der Waals surface area contributed by atoms with Crippen molar-refractivity contribution in [3.63, 3.8) is 0 Å². The Bertz CT molecular complexity index is 2240. The van der Waals surface area contributed by atoms with Gasteiger partial charge >= 0.3 is 12.2 Å². The second kappa shape index (κ2) is 16.5. The van der Waals surface area contributed by atoms with E-state index in [4.69, 9.17) is 19.4 Å². The van der Waals surface area contributed by atoms with Crippen molar-refractivity contribution in [1.29, 1.82) is 0 Å². The number of benzene rings is 2. The van der Waals surface area contributed by atoms with E-state index in [0.29, 0.717) is 24.7 Å². The summed E-state index contributed by atoms with van der Waals surface area (Å²) in [4.78, 5) is 75.9. The molecule has 2 fully saturated rings. The Morgan fingerprint density at radius 2 is 1.25 bits per heavy atom. The average molecular weight is 779 g/mol. The molecule has 2 saturated heterocycles. The van der Waals surface area contributed by atoms with Gasteiger partial charge in [0.1, 0.15) is 30.1 Å². The highest BCUT2D eigenvalue weighted by Gasteiger charge is 2.39. The largest absolute Gasteiger partial charge is 0.453 e. The first-order valence-electron chi connectivity index (χ1n) is 19.5. The van der Waals surface area contributed by atoms with Gasteiger partial charge in [-0.05, 0) is 61.3 Å². The van der Waals surface area contributed by atoms with Gasteiger partial charge in [-0.1, -0.05) is 52.0 Å². The molecular formula is C41H50N10O6. The number of hydrogen-bond donors (Lipinski definition) is 4. The lowest BCUT2D eigenvalue weighted by atomic mass is 10.0. The molecule has 5 heterocycles. The van der Waals surface area contributed by atoms with E-state index in [1.807, 2.05) is 74.7 Å². The summed E-state index contributed by atoms with van der Waals surface area (Å²) in [7, 11) is 2.57. The van der Waals surface area contributed by atoms with Crippen molar-refractivity contribution in [3.8, 4) is 28.2 Å². The van der Waals surface area contributed by atoms with Crippen LogP contribution in [0, 0.1) is 11.8 Å². The minimum absolute atomic E-state index is 0.115. The summed E-state index contributed by atoms with van der Waals surface area (Å²) < 4.78 is 11.6. The van der Waals surface area contributed by atoms with Crippen LogP contribution in [0.4, 0.5) is 9.59 Å². The number of likely N-dealkylation sites (tertiary alicyclic amines) is 2. The number of fused-ring (bicyclic) bond motifs is 1. The van der Waals surface area contributed by atoms with Crippen LogP contribution in [0.15, 0.2) is 61.2 Å². The van der Waals surface area contributed by atoms with Crippen LogP contribution in [0.5, 0.6) is 0 Å². The van der Waals surface area contributed by atoms with Gasteiger partial charge < -0.3 is 39.9 Å². The molecule has 2 aromatic carbocycles. The van der Waals surface area contributed by atoms with E-state index in [9.17, 15) is 19.2 Å². The van der Waals surface area contributed by atoms with E-state index in [1.54, 1.807) is 28.5 Å². The van der Waals surface area contributed by atoms with Crippen molar-refractivity contribution in [2.45, 2.75) is 77.5 Å². The number of carbonyl (C=O) groups is 4. The van der Waals surface area contributed by atoms with Crippen molar-refractivity contribution in [2.75, 3.05) is 27.3 Å². The third kappa shape index (κ3) is 7.80. The van der Waals surface area contributed by atoms with Crippen LogP contribution in [-0.4, -0.2) is 103 Å². The summed E-state index contributed by atoms with van der Waals surface area (Å²) in [6.07, 6.45) is 7.29. The number of hydrogen-bond acceptors (Lipinski definition) is 9. The van der Waals surface area contributed by atoms with Gasteiger partial charge in [-0.25, -0.2) is 24.5 Å². The van der Waals surface area contributed by atoms with E-state index < -0.39 is 24.3 Å². The molecule has 4 atom stereocenters. The van der Waals surface area contributed by atoms with Gasteiger partial charge in [0.25, 0.3) is 0 Å². The number of aromatic nitrogens is 6. The standard InChI is InChI=1S/C41H50N10O6/c1-23(2)33(47-40(54)56-5)38(52)49-18-8-12-31(49)36-42-20-28(45-36)25-14-16-26(17-15-25)51-22-44-35-27(10-7-11-30(35)51)29-21-43-37(46-29)32-13-9-19-50(32)39(53)34(24(3)4)48-41(55)57-6/h7,10-11,14-17,20-24,31-34H,8-9,12-13,18-19H2,1-6H3,(H,42,45)(H,43,46)(H,47,54)(H,48,55). The van der Waals surface area contributed by atoms with Crippen LogP contribution in [0.2, 0.25) is 0 Å². The fraction of sp³-hybridized carbons (Fsp3) is 0.439. The number of alkyl carbamates (subject to hydrolysis) is 2. The van der Waals surface area contributed by atoms with Crippen molar-refractivity contribution in [3.05, 3.63) is 72.8 Å². The Hall–Kier alpha value is -6.19. The van der Waals surface area contributed by atoms with Gasteiger partial charge in [-0.2, -0.15) is 0 Å². The average Bonchev–Trinajstić information content (AvgIpc) is 4.07. The number of para-hydroxylation sites is 1. The topological polar surface area (TPSA) is 192 Å². The van der Waals surface area contributed by atoms with Gasteiger partial charge in [-0.15, -0.1) is 0 Å². The first kappa shape index (κ1) is 39.1. The first-order valence-corrected chi connectivity index (χ1v) is 19.5. The summed E-state index contributed by atoms with van der Waals surface area (Å²) in [5.74, 6) is 0.847. The highest BCUT2D eigenvalue weighted by Crippen LogP contribution is 2.36. The molecule has 0 spiro atoms. The zero-order valence-corrected chi connectivity index (χ0v) is 33.1. The molecule has 57 heavy (non-hydrogen) atoms. The molecule has 0 radical (unpaired) electrons. The van der Waals surface area contributed by atoms with E-state index in [-0.39, 0.29) is 35.7 Å². The van der Waals surface area contributed by atoms with Crippen LogP contribution in [0.3, 0.4) is 0 Å². The van der Waals surface area contributed by atoms with Gasteiger partial charge in [-0.3, -0.25) is 14.2 Å². The van der Waals surface area contributed by atoms with Gasteiger partial charge in [0, 0.05) is 24.3 Å². The first-order chi connectivity index (χ1) is 27.5. The van der Waals surface area contributed by atoms with Crippen LogP contribution >= 0.6 is 0 Å². The Kier molecular flexibility index (Phi) is 11.3. The summed E-state index contributed by atoms with van der Waals surface area (Å²) in [6.45, 7) is 8.74. The summed E-state index contributed by atoms with van der Waals surface area (Å²) >= 11 is 0. The lowest BCUT2D eigenvalue weighted by molar-refractivity contribution is -0.136. The molecule has 0 saturated carbocycles. The number of rotatable bonds is 11. The molecule has 0 aliphatic carbocycles. The Morgan fingerprint density at radius 1 is 0.719 bits per heavy atom. The zero-order valence-electron chi connectivity index (χ0n) is 33.1. The molecule has 4 N–H and O–H groups in total. The maximum absolute atomic E-state index is 13.6. The number of nitrogens with zero attached hydrogens (tertiary/aromatic N) is 6. The van der Waals surface area contributed by atoms with Crippen LogP contribution in [-0.2, 0) is 19.1 Å². The Labute approximate surface area is 330 Å². The number of ether oxygens (including phenoxy) is 2. The minimum atomic E-state index is -0.710. The maximum atomic E-state index is 13.6. The van der Waals surface area contributed by atoms with E-state index >= 15 is 0 Å². The van der Waals surface area contributed by atoms with E-state index in [2.05, 4.69) is 25.6 Å². The van der Waals surface area contributed by atoms with E-state index in [0.717, 1.165) is 64.9 Å². The summed E-state index contributed by atoms with van der Waals surface area (Å²) in [6, 6.07) is 12.2. The molecule has 300 valence electrons. The summed E-state index contributed by atoms with van der Waals surface area (Å²) in [5, 5.41) is 5.39. The van der Waals surface area contributed by atoms with Crippen LogP contribution in [0.1, 0.15) is 77.1 Å². The third-order valence-corrected chi connectivity index (χ3v) is 11.0. The lowest BCUT2D eigenvalue weighted by Gasteiger charge is -2.30. The monoisotopic (exact) mass is 778 g/mol. The lowest BCUT2D eigenvalue weighted by Crippen LogP contribution is -2.51. The van der Waals surface area contributed by atoms with Crippen LogP contribution < -0.4 is 10.6 Å². The number of nitrogens with one attached hydrogen (secondary N) is 4. The summed E-state index contributed by atoms with van der Waals surface area (Å²) in [5.41, 5.74) is 6.09. The molecule has 4 amide bonds. The highest BCUT2D eigenvalue weighted by molar-refractivity contribution is 5.92. The molecule has 5 aromatic rings. The number of H-pyrrole nitrogens is 2. The third-order valence-electron chi connectivity index (χ3n) is 11.0. The number of amides is 4. The molecule has 3 aromatic heterocycles. The van der Waals surface area contributed by atoms with Gasteiger partial charge in [0.15, 0.2) is 0 Å². The SMILES string of the molecule is COC(=O)NC(C(=O)N1CCCC1c1ncc(-c2ccc(-n3cnc4c(-c5cnc(C6CCCN6C(=O)C(NC(=O)OC)C(C)C)[nH]5)cccc43)cc2)[nH]1)C(C)C. The quantitative estimate of drug-likeness (QED) is 0.127. The van der Waals surface area contributed by atoms with Crippen molar-refractivity contribution < 1.29 is 28.7 Å². The molecule has 16 nitrogen and oxygen atoms in total. The van der Waals surface area contributed by atoms with Gasteiger partial charge in [0.2, 0.25) is 11.8 Å². The van der Waals surface area contributed by atoms with Crippen LogP contribution in [0.25, 0.3) is 39.2 Å². The predicted octanol–water partition coefficient (Wildman–Crippen LogP) is 5.89. The second-order valence-electron chi connectivity index (χ2n) is 15.3. The smallest absolute Gasteiger partial charge is 0.407 e. The fourth-order valence-electron chi connectivity index (χ4n) is 7.94. The van der Waals surface area contributed by atoms with Gasteiger partial charge in [0.05, 0.1) is 61.1 Å². The highest BCUT2D eigenvalue weighted by atomic mass is 16.5. The van der Waals surface area contributed by atoms with Crippen molar-refractivity contribution in [2.24, 2.45) is 11.8 Å². The van der Waals surface area contributed by atoms with E-state index in [1.165, 1.54) is 14.2 Å². The molecule has 7 rings (SSSR count). The minimum Gasteiger partial charge on any atom is -0.453 e. The zero-order chi connectivity index (χ0) is 40.4. The number of methoxy groups -OCH3 is 2. The fourth-order valence-corrected chi connectivity index (χ4v) is 7.94. The number of imidazole rings is 3. The second-order valence-corrected chi connectivity index (χ2v) is 15.3. The van der Waals surface area contributed by atoms with Crippen molar-refractivity contribution >= 4 is 35.0 Å². The Balaban J connectivity index is 1.07. The predicted molar refractivity (Wildman–Crippen MR) is 212 cm³/mol. The molecular weight excluding hydrogens is 729 g/mol. The number of aromatic amines is 2. The molecule has 4 unspecified atom stereocenters. The normalized spacial score (nSPS) is 18.0. The molecule has 2 aliphatic heterocycles. The molecule has 0 bridgehead atoms. The van der Waals surface area contributed by atoms with Crippen molar-refractivity contribution in [1.82, 2.24) is 49.9 Å². The maximum Gasteiger partial charge on any atom is 0.407 e. The Morgan fingerprint density at radius 3 is 1.77 bits per heavy atom. The molecule has 16 heteroatoms.